The van der Waals surface area contributed by atoms with Gasteiger partial charge in [-0.2, -0.15) is 0 Å². The van der Waals surface area contributed by atoms with E-state index in [4.69, 9.17) is 14.2 Å². The highest BCUT2D eigenvalue weighted by Gasteiger charge is 2.42. The molecule has 0 bridgehead atoms. The van der Waals surface area contributed by atoms with Crippen molar-refractivity contribution in [1.82, 2.24) is 0 Å². The van der Waals surface area contributed by atoms with Gasteiger partial charge in [-0.05, 0) is 30.5 Å². The Morgan fingerprint density at radius 2 is 1.51 bits per heavy atom. The predicted octanol–water partition coefficient (Wildman–Crippen LogP) is 0.871. The number of benzene rings is 1. The van der Waals surface area contributed by atoms with Gasteiger partial charge in [0.05, 0.1) is 12.7 Å². The molecule has 1 aromatic carbocycles. The lowest BCUT2D eigenvalue weighted by atomic mass is 9.73. The number of aromatic nitrogens is 1. The first-order valence-electron chi connectivity index (χ1n) is 11.5. The van der Waals surface area contributed by atoms with Crippen LogP contribution in [0.4, 0.5) is 0 Å². The van der Waals surface area contributed by atoms with E-state index in [1.54, 1.807) is 36.7 Å². The summed E-state index contributed by atoms with van der Waals surface area (Å²) < 4.78 is 19.1. The number of methoxy groups -OCH3 is 1. The Morgan fingerprint density at radius 1 is 0.914 bits per heavy atom. The van der Waals surface area contributed by atoms with Gasteiger partial charge in [-0.1, -0.05) is 6.07 Å². The molecule has 0 spiro atoms. The molecule has 0 radical (unpaired) electrons. The van der Waals surface area contributed by atoms with Gasteiger partial charge in [0.1, 0.15) is 18.6 Å². The van der Waals surface area contributed by atoms with Crippen molar-refractivity contribution < 1.29 is 57.1 Å². The van der Waals surface area contributed by atoms with Gasteiger partial charge in [-0.15, -0.1) is 0 Å². The van der Waals surface area contributed by atoms with E-state index in [1.807, 2.05) is 17.7 Å². The molecule has 0 N–H and O–H groups in total. The third-order valence-corrected chi connectivity index (χ3v) is 6.58. The largest absolute Gasteiger partial charge is 1.00 e. The molecule has 7 nitrogen and oxygen atoms in total. The second-order valence-electron chi connectivity index (χ2n) is 8.81. The molecule has 35 heavy (non-hydrogen) atoms. The molecule has 1 aliphatic heterocycles. The number of allylic oxidation sites excluding steroid dienone is 4. The normalized spacial score (nSPS) is 17.8. The van der Waals surface area contributed by atoms with Gasteiger partial charge in [-0.3, -0.25) is 9.59 Å². The summed E-state index contributed by atoms with van der Waals surface area (Å²) in [5.74, 6) is 0.913. The van der Waals surface area contributed by atoms with Crippen molar-refractivity contribution in [3.05, 3.63) is 76.5 Å². The van der Waals surface area contributed by atoms with Crippen LogP contribution in [0, 0.1) is 0 Å². The van der Waals surface area contributed by atoms with Crippen molar-refractivity contribution in [3.63, 3.8) is 0 Å². The third-order valence-electron chi connectivity index (χ3n) is 6.58. The molecule has 3 aliphatic rings. The Balaban J connectivity index is 0.00000289. The maximum absolute atomic E-state index is 13.0. The summed E-state index contributed by atoms with van der Waals surface area (Å²) >= 11 is 0. The number of carbonyl (C=O) groups excluding carboxylic acids is 3. The van der Waals surface area contributed by atoms with Crippen LogP contribution in [0.1, 0.15) is 60.4 Å². The van der Waals surface area contributed by atoms with Crippen LogP contribution in [0.15, 0.2) is 65.4 Å². The van der Waals surface area contributed by atoms with E-state index >= 15 is 0 Å². The van der Waals surface area contributed by atoms with Crippen LogP contribution in [-0.4, -0.2) is 24.6 Å². The lowest BCUT2D eigenvalue weighted by molar-refractivity contribution is -0.671. The van der Waals surface area contributed by atoms with E-state index in [9.17, 15) is 14.4 Å². The average molecular weight is 587 g/mol. The molecule has 1 aromatic heterocycles. The van der Waals surface area contributed by atoms with Gasteiger partial charge in [0.25, 0.3) is 0 Å². The van der Waals surface area contributed by atoms with Crippen LogP contribution >= 0.6 is 0 Å². The van der Waals surface area contributed by atoms with Crippen molar-refractivity contribution in [2.24, 2.45) is 7.05 Å². The van der Waals surface area contributed by atoms with Gasteiger partial charge in [0, 0.05) is 54.9 Å². The number of halogens is 1. The minimum absolute atomic E-state index is 0. The van der Waals surface area contributed by atoms with Gasteiger partial charge < -0.3 is 38.2 Å². The molecule has 182 valence electrons. The monoisotopic (exact) mass is 587 g/mol. The first kappa shape index (κ1) is 25.1. The summed E-state index contributed by atoms with van der Waals surface area (Å²) in [4.78, 5) is 38.8. The smallest absolute Gasteiger partial charge is 0.344 e. The molecular formula is C27H26INO6. The number of ketones is 2. The molecule has 2 aromatic rings. The van der Waals surface area contributed by atoms with Crippen LogP contribution in [0.2, 0.25) is 0 Å². The van der Waals surface area contributed by atoms with Crippen molar-refractivity contribution in [2.75, 3.05) is 7.11 Å². The minimum atomic E-state index is -0.529. The summed E-state index contributed by atoms with van der Waals surface area (Å²) in [6, 6.07) is 8.58. The number of nitrogens with zero attached hydrogens (tertiary/aromatic N) is 1. The molecule has 0 saturated heterocycles. The SMILES string of the molecule is COc1ccc(C2C3=C(CCCC3=O)OC3=C2C(=O)CCC3)cc1OC(=O)c1cc[n+](C)cc1.[I-]. The number of aryl methyl sites for hydroxylation is 1. The van der Waals surface area contributed by atoms with Crippen LogP contribution in [0.25, 0.3) is 0 Å². The predicted molar refractivity (Wildman–Crippen MR) is 121 cm³/mol. The quantitative estimate of drug-likeness (QED) is 0.229. The van der Waals surface area contributed by atoms with Gasteiger partial charge in [0.15, 0.2) is 35.5 Å². The minimum Gasteiger partial charge on any atom is -1.00 e. The number of carbonyl (C=O) groups is 3. The van der Waals surface area contributed by atoms with E-state index in [1.165, 1.54) is 7.11 Å². The van der Waals surface area contributed by atoms with Crippen LogP contribution in [0.3, 0.4) is 0 Å². The third kappa shape index (κ3) is 4.76. The number of Topliss-reactive ketones (excluding diaryl/α,β-unsaturated/α-hetero) is 2. The Kier molecular flexibility index (Phi) is 7.39. The van der Waals surface area contributed by atoms with E-state index in [0.29, 0.717) is 65.2 Å². The number of rotatable bonds is 4. The van der Waals surface area contributed by atoms with Crippen LogP contribution in [0.5, 0.6) is 11.5 Å². The standard InChI is InChI=1S/C27H26NO6.HI/c1-28-13-11-16(12-14-28)27(31)34-23-15-17(9-10-20(23)32-2)24-25-18(29)5-3-7-21(25)33-22-8-4-6-19(30)26(22)24;/h9-15,24H,3-8H2,1-2H3;1H/q+1;/p-1. The fourth-order valence-corrected chi connectivity index (χ4v) is 4.90. The van der Waals surface area contributed by atoms with Gasteiger partial charge >= 0.3 is 5.97 Å². The second-order valence-corrected chi connectivity index (χ2v) is 8.81. The highest BCUT2D eigenvalue weighted by atomic mass is 127. The van der Waals surface area contributed by atoms with Gasteiger partial charge in [0.2, 0.25) is 0 Å². The highest BCUT2D eigenvalue weighted by molar-refractivity contribution is 6.05. The van der Waals surface area contributed by atoms with E-state index in [0.717, 1.165) is 12.8 Å². The summed E-state index contributed by atoms with van der Waals surface area (Å²) in [6.45, 7) is 0. The van der Waals surface area contributed by atoms with E-state index < -0.39 is 11.9 Å². The topological polar surface area (TPSA) is 82.8 Å². The summed E-state index contributed by atoms with van der Waals surface area (Å²) in [7, 11) is 3.36. The molecule has 5 rings (SSSR count). The fourth-order valence-electron chi connectivity index (χ4n) is 4.90. The van der Waals surface area contributed by atoms with Gasteiger partial charge in [-0.25, -0.2) is 9.36 Å². The number of hydrogen-bond acceptors (Lipinski definition) is 6. The Labute approximate surface area is 220 Å². The molecule has 2 aliphatic carbocycles. The second kappa shape index (κ2) is 10.3. The molecule has 0 atom stereocenters. The molecular weight excluding hydrogens is 561 g/mol. The first-order chi connectivity index (χ1) is 16.5. The van der Waals surface area contributed by atoms with Crippen molar-refractivity contribution in [1.29, 1.82) is 0 Å². The molecule has 0 unspecified atom stereocenters. The molecule has 0 fully saturated rings. The molecule has 8 heteroatoms. The zero-order valence-electron chi connectivity index (χ0n) is 19.6. The lowest BCUT2D eigenvalue weighted by Gasteiger charge is -2.36. The van der Waals surface area contributed by atoms with Crippen LogP contribution in [-0.2, 0) is 21.4 Å². The Hall–Kier alpha value is -3.01. The lowest BCUT2D eigenvalue weighted by Crippen LogP contribution is -3.00. The average Bonchev–Trinajstić information content (AvgIpc) is 2.83. The molecule has 0 saturated carbocycles. The Bertz CT molecular complexity index is 1220. The maximum Gasteiger partial charge on any atom is 0.344 e. The van der Waals surface area contributed by atoms with Crippen molar-refractivity contribution in [3.8, 4) is 11.5 Å². The van der Waals surface area contributed by atoms with E-state index in [-0.39, 0.29) is 41.3 Å². The van der Waals surface area contributed by atoms with Crippen molar-refractivity contribution in [2.45, 2.75) is 44.4 Å². The number of hydrogen-bond donors (Lipinski definition) is 0. The first-order valence-corrected chi connectivity index (χ1v) is 11.5. The molecule has 2 heterocycles. The summed E-state index contributed by atoms with van der Waals surface area (Å²) in [6.07, 6.45) is 7.20. The highest BCUT2D eigenvalue weighted by Crippen LogP contribution is 2.48. The van der Waals surface area contributed by atoms with Crippen LogP contribution < -0.4 is 38.0 Å². The molecule has 0 amide bonds. The number of pyridine rings is 1. The van der Waals surface area contributed by atoms with Crippen molar-refractivity contribution >= 4 is 17.5 Å². The number of esters is 1. The summed E-state index contributed by atoms with van der Waals surface area (Å²) in [5, 5.41) is 0. The zero-order valence-corrected chi connectivity index (χ0v) is 21.8. The summed E-state index contributed by atoms with van der Waals surface area (Å²) in [5.41, 5.74) is 2.21. The number of ether oxygens (including phenoxy) is 3. The fraction of sp³-hybridized carbons (Fsp3) is 0.333. The zero-order chi connectivity index (χ0) is 23.8. The van der Waals surface area contributed by atoms with E-state index in [2.05, 4.69) is 0 Å². The Morgan fingerprint density at radius 3 is 2.09 bits per heavy atom. The maximum atomic E-state index is 13.0.